The van der Waals surface area contributed by atoms with Crippen molar-refractivity contribution in [3.63, 3.8) is 0 Å². The Labute approximate surface area is 149 Å². The molecule has 8 nitrogen and oxygen atoms in total. The van der Waals surface area contributed by atoms with Crippen molar-refractivity contribution in [2.75, 3.05) is 44.2 Å². The molecule has 1 aromatic rings. The number of hydrogen-bond acceptors (Lipinski definition) is 5. The van der Waals surface area contributed by atoms with Crippen molar-refractivity contribution < 1.29 is 23.6 Å². The Kier molecular flexibility index (Phi) is 4.88. The molecule has 0 atom stereocenters. The maximum absolute atomic E-state index is 13.0. The summed E-state index contributed by atoms with van der Waals surface area (Å²) in [5.74, 6) is -2.55. The highest BCUT2D eigenvalue weighted by Crippen LogP contribution is 2.18. The van der Waals surface area contributed by atoms with Gasteiger partial charge in [-0.2, -0.15) is 0 Å². The number of nitrogens with zero attached hydrogens (tertiary/aromatic N) is 4. The third-order valence-electron chi connectivity index (χ3n) is 4.57. The fourth-order valence-electron chi connectivity index (χ4n) is 3.07. The number of carbonyl (C=O) groups is 4. The zero-order valence-corrected chi connectivity index (χ0v) is 14.4. The first-order chi connectivity index (χ1) is 12.4. The SMILES string of the molecule is CCN1C(=O)C(=O)N(CC(=O)N2CCN(c3ccc(F)cc3)CC2)C1=O. The minimum absolute atomic E-state index is 0.0877. The van der Waals surface area contributed by atoms with E-state index < -0.39 is 24.4 Å². The number of urea groups is 1. The maximum atomic E-state index is 13.0. The number of anilines is 1. The van der Waals surface area contributed by atoms with Crippen LogP contribution in [0.3, 0.4) is 0 Å². The molecule has 2 aliphatic rings. The van der Waals surface area contributed by atoms with Crippen LogP contribution < -0.4 is 4.90 Å². The zero-order chi connectivity index (χ0) is 18.8. The molecule has 2 saturated heterocycles. The van der Waals surface area contributed by atoms with Crippen molar-refractivity contribution in [1.29, 1.82) is 0 Å². The molecule has 0 spiro atoms. The minimum atomic E-state index is -0.963. The maximum Gasteiger partial charge on any atom is 0.334 e. The summed E-state index contributed by atoms with van der Waals surface area (Å²) in [6, 6.07) is 5.38. The van der Waals surface area contributed by atoms with Crippen molar-refractivity contribution in [2.45, 2.75) is 6.92 Å². The zero-order valence-electron chi connectivity index (χ0n) is 14.4. The molecule has 0 aromatic heterocycles. The molecule has 9 heteroatoms. The lowest BCUT2D eigenvalue weighted by Gasteiger charge is -2.36. The number of piperazine rings is 1. The monoisotopic (exact) mass is 362 g/mol. The predicted octanol–water partition coefficient (Wildman–Crippen LogP) is 0.285. The van der Waals surface area contributed by atoms with Crippen LogP contribution in [0.2, 0.25) is 0 Å². The molecule has 2 aliphatic heterocycles. The summed E-state index contributed by atoms with van der Waals surface area (Å²) < 4.78 is 13.0. The number of hydrogen-bond donors (Lipinski definition) is 0. The van der Waals surface area contributed by atoms with E-state index in [1.54, 1.807) is 24.0 Å². The fourth-order valence-corrected chi connectivity index (χ4v) is 3.07. The van der Waals surface area contributed by atoms with E-state index in [2.05, 4.69) is 0 Å². The second-order valence-electron chi connectivity index (χ2n) is 6.07. The van der Waals surface area contributed by atoms with Gasteiger partial charge in [-0.25, -0.2) is 14.1 Å². The molecule has 0 aliphatic carbocycles. The molecule has 2 fully saturated rings. The molecule has 0 N–H and O–H groups in total. The Bertz CT molecular complexity index is 744. The van der Waals surface area contributed by atoms with Crippen molar-refractivity contribution in [2.24, 2.45) is 0 Å². The highest BCUT2D eigenvalue weighted by atomic mass is 19.1. The third kappa shape index (κ3) is 3.24. The summed E-state index contributed by atoms with van der Waals surface area (Å²) in [5, 5.41) is 0. The van der Waals surface area contributed by atoms with Gasteiger partial charge in [0.2, 0.25) is 5.91 Å². The molecular formula is C17H19FN4O4. The molecule has 0 bridgehead atoms. The first-order valence-corrected chi connectivity index (χ1v) is 8.38. The summed E-state index contributed by atoms with van der Waals surface area (Å²) >= 11 is 0. The fraction of sp³-hybridized carbons (Fsp3) is 0.412. The average Bonchev–Trinajstić information content (AvgIpc) is 2.85. The van der Waals surface area contributed by atoms with E-state index in [1.165, 1.54) is 12.1 Å². The molecule has 0 saturated carbocycles. The van der Waals surface area contributed by atoms with Crippen LogP contribution in [0.1, 0.15) is 6.92 Å². The summed E-state index contributed by atoms with van der Waals surface area (Å²) in [6.45, 7) is 3.18. The number of amides is 5. The van der Waals surface area contributed by atoms with Gasteiger partial charge in [-0.05, 0) is 31.2 Å². The summed E-state index contributed by atoms with van der Waals surface area (Å²) in [6.07, 6.45) is 0. The van der Waals surface area contributed by atoms with Crippen LogP contribution in [-0.4, -0.2) is 77.7 Å². The van der Waals surface area contributed by atoms with Crippen molar-refractivity contribution >= 4 is 29.4 Å². The molecule has 3 rings (SSSR count). The molecule has 1 aromatic carbocycles. The van der Waals surface area contributed by atoms with E-state index in [-0.39, 0.29) is 18.3 Å². The Balaban J connectivity index is 1.57. The van der Waals surface area contributed by atoms with Gasteiger partial charge in [0.05, 0.1) is 0 Å². The molecule has 138 valence electrons. The van der Waals surface area contributed by atoms with E-state index in [4.69, 9.17) is 0 Å². The second kappa shape index (κ2) is 7.11. The molecule has 26 heavy (non-hydrogen) atoms. The van der Waals surface area contributed by atoms with E-state index in [0.29, 0.717) is 31.1 Å². The first-order valence-electron chi connectivity index (χ1n) is 8.38. The Morgan fingerprint density at radius 3 is 2.08 bits per heavy atom. The average molecular weight is 362 g/mol. The minimum Gasteiger partial charge on any atom is -0.368 e. The third-order valence-corrected chi connectivity index (χ3v) is 4.57. The summed E-state index contributed by atoms with van der Waals surface area (Å²) in [7, 11) is 0. The number of benzene rings is 1. The number of halogens is 1. The quantitative estimate of drug-likeness (QED) is 0.568. The molecule has 0 unspecified atom stereocenters. The van der Waals surface area contributed by atoms with Gasteiger partial charge in [0, 0.05) is 38.4 Å². The van der Waals surface area contributed by atoms with Crippen LogP contribution in [0.25, 0.3) is 0 Å². The molecular weight excluding hydrogens is 343 g/mol. The van der Waals surface area contributed by atoms with E-state index in [1.807, 2.05) is 4.90 Å². The van der Waals surface area contributed by atoms with Gasteiger partial charge in [-0.3, -0.25) is 19.3 Å². The lowest BCUT2D eigenvalue weighted by atomic mass is 10.2. The van der Waals surface area contributed by atoms with Crippen LogP contribution in [-0.2, 0) is 14.4 Å². The first kappa shape index (κ1) is 17.8. The molecule has 2 heterocycles. The Morgan fingerprint density at radius 1 is 0.962 bits per heavy atom. The van der Waals surface area contributed by atoms with Gasteiger partial charge < -0.3 is 9.80 Å². The van der Waals surface area contributed by atoms with Gasteiger partial charge in [0.15, 0.2) is 0 Å². The van der Waals surface area contributed by atoms with E-state index in [0.717, 1.165) is 10.6 Å². The number of carbonyl (C=O) groups excluding carboxylic acids is 4. The summed E-state index contributed by atoms with van der Waals surface area (Å²) in [5.41, 5.74) is 0.868. The molecule has 5 amide bonds. The number of rotatable bonds is 4. The van der Waals surface area contributed by atoms with Crippen molar-refractivity contribution in [3.8, 4) is 0 Å². The van der Waals surface area contributed by atoms with Gasteiger partial charge >= 0.3 is 17.8 Å². The smallest absolute Gasteiger partial charge is 0.334 e. The largest absolute Gasteiger partial charge is 0.368 e. The predicted molar refractivity (Wildman–Crippen MR) is 89.7 cm³/mol. The van der Waals surface area contributed by atoms with Crippen molar-refractivity contribution in [1.82, 2.24) is 14.7 Å². The highest BCUT2D eigenvalue weighted by molar-refractivity contribution is 6.45. The van der Waals surface area contributed by atoms with Gasteiger partial charge in [-0.1, -0.05) is 0 Å². The summed E-state index contributed by atoms with van der Waals surface area (Å²) in [4.78, 5) is 53.1. The second-order valence-corrected chi connectivity index (χ2v) is 6.07. The molecule has 0 radical (unpaired) electrons. The van der Waals surface area contributed by atoms with Crippen LogP contribution >= 0.6 is 0 Å². The lowest BCUT2D eigenvalue weighted by Crippen LogP contribution is -2.52. The topological polar surface area (TPSA) is 81.2 Å². The van der Waals surface area contributed by atoms with Gasteiger partial charge in [0.25, 0.3) is 0 Å². The van der Waals surface area contributed by atoms with Gasteiger partial charge in [-0.15, -0.1) is 0 Å². The Hall–Kier alpha value is -2.97. The highest BCUT2D eigenvalue weighted by Gasteiger charge is 2.44. The van der Waals surface area contributed by atoms with Crippen LogP contribution in [0.4, 0.5) is 14.9 Å². The van der Waals surface area contributed by atoms with Crippen molar-refractivity contribution in [3.05, 3.63) is 30.1 Å². The standard InChI is InChI=1S/C17H19FN4O4/c1-2-21-15(24)16(25)22(17(21)26)11-14(23)20-9-7-19(8-10-20)13-5-3-12(18)4-6-13/h3-6H,2,7-11H2,1H3. The van der Waals surface area contributed by atoms with Crippen LogP contribution in [0, 0.1) is 5.82 Å². The van der Waals surface area contributed by atoms with Gasteiger partial charge in [0.1, 0.15) is 12.4 Å². The number of imide groups is 2. The van der Waals surface area contributed by atoms with Crippen LogP contribution in [0.15, 0.2) is 24.3 Å². The van der Waals surface area contributed by atoms with Crippen LogP contribution in [0.5, 0.6) is 0 Å². The van der Waals surface area contributed by atoms with E-state index >= 15 is 0 Å². The normalized spacial score (nSPS) is 18.2. The van der Waals surface area contributed by atoms with E-state index in [9.17, 15) is 23.6 Å². The Morgan fingerprint density at radius 2 is 1.54 bits per heavy atom. The number of likely N-dealkylation sites (N-methyl/N-ethyl adjacent to an activating group) is 1. The lowest BCUT2D eigenvalue weighted by molar-refractivity contribution is -0.144.